The molecule has 0 spiro atoms. The van der Waals surface area contributed by atoms with Gasteiger partial charge >= 0.3 is 0 Å². The number of fused-ring (bicyclic) bond motifs is 1. The fourth-order valence-electron chi connectivity index (χ4n) is 2.59. The smallest absolute Gasteiger partial charge is 0.260 e. The first-order chi connectivity index (χ1) is 12.1. The molecule has 0 unspecified atom stereocenters. The number of nitrogens with one attached hydrogen (secondary N) is 1. The Morgan fingerprint density at radius 1 is 1.16 bits per heavy atom. The molecule has 25 heavy (non-hydrogen) atoms. The molecular weight excluding hydrogens is 339 g/mol. The van der Waals surface area contributed by atoms with Crippen LogP contribution in [0.15, 0.2) is 54.7 Å². The summed E-state index contributed by atoms with van der Waals surface area (Å²) < 4.78 is 16.1. The van der Waals surface area contributed by atoms with E-state index in [0.29, 0.717) is 15.4 Å². The summed E-state index contributed by atoms with van der Waals surface area (Å²) in [5.41, 5.74) is 2.31. The lowest BCUT2D eigenvalue weighted by molar-refractivity contribution is 0.102. The first kappa shape index (κ1) is 15.5. The molecule has 0 saturated carbocycles. The first-order valence-electron chi connectivity index (χ1n) is 7.60. The number of rotatable bonds is 3. The Labute approximate surface area is 146 Å². The third-order valence-corrected chi connectivity index (χ3v) is 4.78. The number of hydrogen-bond donors (Lipinski definition) is 1. The molecule has 1 N–H and O–H groups in total. The van der Waals surface area contributed by atoms with Crippen molar-refractivity contribution in [1.29, 1.82) is 0 Å². The molecule has 2 heterocycles. The number of carbonyl (C=O) groups excluding carboxylic acids is 1. The highest BCUT2D eigenvalue weighted by Gasteiger charge is 2.17. The summed E-state index contributed by atoms with van der Waals surface area (Å²) >= 11 is 1.23. The predicted molar refractivity (Wildman–Crippen MR) is 95.8 cm³/mol. The van der Waals surface area contributed by atoms with E-state index in [-0.39, 0.29) is 11.4 Å². The molecule has 4 rings (SSSR count). The number of anilines is 1. The van der Waals surface area contributed by atoms with Crippen LogP contribution in [0.1, 0.15) is 16.1 Å². The summed E-state index contributed by atoms with van der Waals surface area (Å²) in [6.45, 7) is 1.83. The van der Waals surface area contributed by atoms with Crippen LogP contribution in [-0.4, -0.2) is 20.7 Å². The van der Waals surface area contributed by atoms with Crippen molar-refractivity contribution >= 4 is 32.6 Å². The molecule has 5 nitrogen and oxygen atoms in total. The van der Waals surface area contributed by atoms with Crippen molar-refractivity contribution in [3.05, 3.63) is 71.8 Å². The summed E-state index contributed by atoms with van der Waals surface area (Å²) in [6, 6.07) is 14.3. The number of para-hydroxylation sites is 2. The number of benzene rings is 2. The SMILES string of the molecule is Cc1c(C(=O)Nc2nc3c(F)cccc3s2)cnn1-c1ccccc1. The van der Waals surface area contributed by atoms with Gasteiger partial charge < -0.3 is 0 Å². The number of aromatic nitrogens is 3. The lowest BCUT2D eigenvalue weighted by Crippen LogP contribution is -2.13. The topological polar surface area (TPSA) is 59.8 Å². The number of hydrogen-bond acceptors (Lipinski definition) is 4. The fraction of sp³-hybridized carbons (Fsp3) is 0.0556. The van der Waals surface area contributed by atoms with Gasteiger partial charge in [-0.3, -0.25) is 10.1 Å². The van der Waals surface area contributed by atoms with Crippen molar-refractivity contribution < 1.29 is 9.18 Å². The van der Waals surface area contributed by atoms with Gasteiger partial charge in [0, 0.05) is 0 Å². The molecular formula is C18H13FN4OS. The number of amides is 1. The van der Waals surface area contributed by atoms with Crippen molar-refractivity contribution in [3.8, 4) is 5.69 Å². The van der Waals surface area contributed by atoms with Crippen LogP contribution in [0.25, 0.3) is 15.9 Å². The average molecular weight is 352 g/mol. The maximum absolute atomic E-state index is 13.7. The Kier molecular flexibility index (Phi) is 3.77. The van der Waals surface area contributed by atoms with Gasteiger partial charge in [0.05, 0.1) is 27.8 Å². The van der Waals surface area contributed by atoms with Crippen LogP contribution in [0.3, 0.4) is 0 Å². The van der Waals surface area contributed by atoms with Crippen molar-refractivity contribution in [2.24, 2.45) is 0 Å². The lowest BCUT2D eigenvalue weighted by atomic mass is 10.2. The van der Waals surface area contributed by atoms with E-state index in [9.17, 15) is 9.18 Å². The molecule has 2 aromatic heterocycles. The maximum Gasteiger partial charge on any atom is 0.260 e. The molecule has 1 amide bonds. The Bertz CT molecular complexity index is 1070. The van der Waals surface area contributed by atoms with E-state index in [4.69, 9.17) is 0 Å². The summed E-state index contributed by atoms with van der Waals surface area (Å²) in [5.74, 6) is -0.721. The van der Waals surface area contributed by atoms with Gasteiger partial charge in [-0.15, -0.1) is 0 Å². The van der Waals surface area contributed by atoms with Crippen molar-refractivity contribution in [3.63, 3.8) is 0 Å². The highest BCUT2D eigenvalue weighted by atomic mass is 32.1. The maximum atomic E-state index is 13.7. The molecule has 4 aromatic rings. The quantitative estimate of drug-likeness (QED) is 0.602. The van der Waals surface area contributed by atoms with Crippen molar-refractivity contribution in [2.45, 2.75) is 6.92 Å². The number of halogens is 1. The normalized spacial score (nSPS) is 11.0. The summed E-state index contributed by atoms with van der Waals surface area (Å²) in [4.78, 5) is 16.7. The minimum Gasteiger partial charge on any atom is -0.298 e. The van der Waals surface area contributed by atoms with Crippen LogP contribution >= 0.6 is 11.3 Å². The average Bonchev–Trinajstić information content (AvgIpc) is 3.20. The van der Waals surface area contributed by atoms with E-state index in [1.54, 1.807) is 16.8 Å². The first-order valence-corrected chi connectivity index (χ1v) is 8.41. The predicted octanol–water partition coefficient (Wildman–Crippen LogP) is 4.18. The van der Waals surface area contributed by atoms with Crippen LogP contribution in [0, 0.1) is 12.7 Å². The van der Waals surface area contributed by atoms with Gasteiger partial charge in [0.25, 0.3) is 5.91 Å². The van der Waals surface area contributed by atoms with Gasteiger partial charge in [0.1, 0.15) is 11.3 Å². The van der Waals surface area contributed by atoms with Crippen LogP contribution < -0.4 is 5.32 Å². The Balaban J connectivity index is 1.63. The molecule has 0 fully saturated rings. The van der Waals surface area contributed by atoms with E-state index in [2.05, 4.69) is 15.4 Å². The second kappa shape index (κ2) is 6.10. The van der Waals surface area contributed by atoms with E-state index in [1.807, 2.05) is 37.3 Å². The second-order valence-corrected chi connectivity index (χ2v) is 6.48. The zero-order valence-electron chi connectivity index (χ0n) is 13.2. The molecule has 0 aliphatic heterocycles. The monoisotopic (exact) mass is 352 g/mol. The Morgan fingerprint density at radius 3 is 2.72 bits per heavy atom. The highest BCUT2D eigenvalue weighted by Crippen LogP contribution is 2.28. The molecule has 0 aliphatic carbocycles. The molecule has 0 aliphatic rings. The summed E-state index contributed by atoms with van der Waals surface area (Å²) in [5, 5.41) is 7.37. The van der Waals surface area contributed by atoms with E-state index in [1.165, 1.54) is 23.6 Å². The number of thiazole rings is 1. The minimum absolute atomic E-state index is 0.263. The van der Waals surface area contributed by atoms with Crippen molar-refractivity contribution in [2.75, 3.05) is 5.32 Å². The third-order valence-electron chi connectivity index (χ3n) is 3.85. The number of carbonyl (C=O) groups is 1. The largest absolute Gasteiger partial charge is 0.298 e. The van der Waals surface area contributed by atoms with Crippen LogP contribution in [0.4, 0.5) is 9.52 Å². The van der Waals surface area contributed by atoms with Crippen LogP contribution in [-0.2, 0) is 0 Å². The molecule has 124 valence electrons. The zero-order chi connectivity index (χ0) is 17.4. The van der Waals surface area contributed by atoms with Crippen LogP contribution in [0.5, 0.6) is 0 Å². The summed E-state index contributed by atoms with van der Waals surface area (Å²) in [6.07, 6.45) is 1.52. The molecule has 0 bridgehead atoms. The molecule has 0 atom stereocenters. The second-order valence-electron chi connectivity index (χ2n) is 5.45. The molecule has 2 aromatic carbocycles. The summed E-state index contributed by atoms with van der Waals surface area (Å²) in [7, 11) is 0. The van der Waals surface area contributed by atoms with E-state index >= 15 is 0 Å². The zero-order valence-corrected chi connectivity index (χ0v) is 14.0. The Hall–Kier alpha value is -3.06. The Morgan fingerprint density at radius 2 is 1.96 bits per heavy atom. The van der Waals surface area contributed by atoms with E-state index < -0.39 is 5.82 Å². The third kappa shape index (κ3) is 2.78. The number of nitrogens with zero attached hydrogens (tertiary/aromatic N) is 3. The lowest BCUT2D eigenvalue weighted by Gasteiger charge is -2.05. The fourth-order valence-corrected chi connectivity index (χ4v) is 3.47. The van der Waals surface area contributed by atoms with E-state index in [0.717, 1.165) is 11.4 Å². The van der Waals surface area contributed by atoms with Crippen LogP contribution in [0.2, 0.25) is 0 Å². The van der Waals surface area contributed by atoms with Gasteiger partial charge in [0.2, 0.25) is 0 Å². The van der Waals surface area contributed by atoms with Gasteiger partial charge in [-0.05, 0) is 31.2 Å². The highest BCUT2D eigenvalue weighted by molar-refractivity contribution is 7.22. The van der Waals surface area contributed by atoms with Crippen molar-refractivity contribution in [1.82, 2.24) is 14.8 Å². The molecule has 0 saturated heterocycles. The van der Waals surface area contributed by atoms with Gasteiger partial charge in [-0.2, -0.15) is 5.10 Å². The molecule has 7 heteroatoms. The minimum atomic E-state index is -0.401. The van der Waals surface area contributed by atoms with Gasteiger partial charge in [-0.1, -0.05) is 35.6 Å². The van der Waals surface area contributed by atoms with Gasteiger partial charge in [0.15, 0.2) is 5.13 Å². The standard InChI is InChI=1S/C18H13FN4OS/c1-11-13(10-20-23(11)12-6-3-2-4-7-12)17(24)22-18-21-16-14(19)8-5-9-15(16)25-18/h2-10H,1H3,(H,21,22,24). The van der Waals surface area contributed by atoms with Gasteiger partial charge in [-0.25, -0.2) is 14.1 Å². The molecule has 0 radical (unpaired) electrons.